The molecule has 0 unspecified atom stereocenters. The molecule has 0 bridgehead atoms. The van der Waals surface area contributed by atoms with E-state index >= 15 is 0 Å². The normalized spacial score (nSPS) is 11.0. The Morgan fingerprint density at radius 3 is 2.77 bits per heavy atom. The molecule has 128 valence electrons. The van der Waals surface area contributed by atoms with Crippen molar-refractivity contribution < 1.29 is 5.11 Å². The molecule has 1 N–H and O–H groups in total. The van der Waals surface area contributed by atoms with Gasteiger partial charge in [0.2, 0.25) is 5.88 Å². The van der Waals surface area contributed by atoms with Crippen molar-refractivity contribution >= 4 is 10.9 Å². The van der Waals surface area contributed by atoms with Gasteiger partial charge in [0.25, 0.3) is 0 Å². The molecular weight excluding hydrogens is 328 g/mol. The fourth-order valence-corrected chi connectivity index (χ4v) is 2.99. The van der Waals surface area contributed by atoms with E-state index in [1.54, 1.807) is 29.4 Å². The molecule has 0 radical (unpaired) electrons. The second-order valence-corrected chi connectivity index (χ2v) is 6.15. The molecule has 0 atom stereocenters. The van der Waals surface area contributed by atoms with Crippen LogP contribution in [-0.2, 0) is 6.54 Å². The van der Waals surface area contributed by atoms with Gasteiger partial charge in [-0.05, 0) is 37.6 Å². The van der Waals surface area contributed by atoms with Crippen LogP contribution in [0.25, 0.3) is 27.8 Å². The highest BCUT2D eigenvalue weighted by Gasteiger charge is 2.16. The first-order valence-corrected chi connectivity index (χ1v) is 8.11. The van der Waals surface area contributed by atoms with Gasteiger partial charge in [-0.2, -0.15) is 10.4 Å². The van der Waals surface area contributed by atoms with E-state index in [9.17, 15) is 5.11 Å². The average molecular weight is 344 g/mol. The summed E-state index contributed by atoms with van der Waals surface area (Å²) >= 11 is 0. The SMILES string of the molecule is Cc1ccc(-c2cc(C)c3c(O)n(-c4cnn(CC#N)c4)cc3n2)cn1. The van der Waals surface area contributed by atoms with Crippen LogP contribution in [0.15, 0.2) is 43.0 Å². The molecule has 4 aromatic rings. The minimum absolute atomic E-state index is 0.107. The molecular formula is C19H16N6O. The summed E-state index contributed by atoms with van der Waals surface area (Å²) in [4.78, 5) is 9.01. The zero-order valence-electron chi connectivity index (χ0n) is 14.4. The minimum Gasteiger partial charge on any atom is -0.494 e. The van der Waals surface area contributed by atoms with E-state index in [1.807, 2.05) is 38.1 Å². The lowest BCUT2D eigenvalue weighted by Crippen LogP contribution is -1.94. The third-order valence-electron chi connectivity index (χ3n) is 4.29. The molecule has 0 aromatic carbocycles. The summed E-state index contributed by atoms with van der Waals surface area (Å²) in [6.07, 6.45) is 6.89. The number of aryl methyl sites for hydroxylation is 2. The zero-order chi connectivity index (χ0) is 18.3. The van der Waals surface area contributed by atoms with Gasteiger partial charge in [0, 0.05) is 23.7 Å². The minimum atomic E-state index is 0.107. The summed E-state index contributed by atoms with van der Waals surface area (Å²) in [5.41, 5.74) is 4.96. The highest BCUT2D eigenvalue weighted by atomic mass is 16.3. The summed E-state index contributed by atoms with van der Waals surface area (Å²) in [6.45, 7) is 4.04. The van der Waals surface area contributed by atoms with E-state index in [2.05, 4.69) is 15.1 Å². The van der Waals surface area contributed by atoms with Gasteiger partial charge in [0.05, 0.1) is 40.7 Å². The Hall–Kier alpha value is -3.66. The van der Waals surface area contributed by atoms with E-state index in [0.29, 0.717) is 16.6 Å². The Morgan fingerprint density at radius 2 is 2.04 bits per heavy atom. The Kier molecular flexibility index (Phi) is 3.66. The van der Waals surface area contributed by atoms with Crippen LogP contribution in [0.5, 0.6) is 5.88 Å². The van der Waals surface area contributed by atoms with Crippen LogP contribution < -0.4 is 0 Å². The first-order chi connectivity index (χ1) is 12.6. The second kappa shape index (κ2) is 6.01. The van der Waals surface area contributed by atoms with E-state index in [-0.39, 0.29) is 12.4 Å². The summed E-state index contributed by atoms with van der Waals surface area (Å²) < 4.78 is 3.14. The Balaban J connectivity index is 1.84. The van der Waals surface area contributed by atoms with Crippen LogP contribution in [0.1, 0.15) is 11.3 Å². The number of pyridine rings is 2. The Labute approximate surface area is 149 Å². The summed E-state index contributed by atoms with van der Waals surface area (Å²) in [5, 5.41) is 24.3. The van der Waals surface area contributed by atoms with Crippen LogP contribution in [0.4, 0.5) is 0 Å². The Bertz CT molecular complexity index is 1150. The summed E-state index contributed by atoms with van der Waals surface area (Å²) in [5.74, 6) is 0.107. The molecule has 0 saturated carbocycles. The van der Waals surface area contributed by atoms with Crippen molar-refractivity contribution in [2.24, 2.45) is 0 Å². The van der Waals surface area contributed by atoms with Crippen LogP contribution in [0, 0.1) is 25.2 Å². The first kappa shape index (κ1) is 15.8. The number of fused-ring (bicyclic) bond motifs is 1. The quantitative estimate of drug-likeness (QED) is 0.616. The fourth-order valence-electron chi connectivity index (χ4n) is 2.99. The maximum Gasteiger partial charge on any atom is 0.205 e. The predicted molar refractivity (Wildman–Crippen MR) is 96.8 cm³/mol. The number of rotatable bonds is 3. The molecule has 0 aliphatic rings. The van der Waals surface area contributed by atoms with Gasteiger partial charge in [-0.15, -0.1) is 0 Å². The smallest absolute Gasteiger partial charge is 0.205 e. The molecule has 26 heavy (non-hydrogen) atoms. The fraction of sp³-hybridized carbons (Fsp3) is 0.158. The monoisotopic (exact) mass is 344 g/mol. The second-order valence-electron chi connectivity index (χ2n) is 6.15. The van der Waals surface area contributed by atoms with Crippen molar-refractivity contribution in [2.75, 3.05) is 0 Å². The number of aromatic nitrogens is 5. The van der Waals surface area contributed by atoms with Crippen molar-refractivity contribution in [1.29, 1.82) is 5.26 Å². The molecule has 0 aliphatic carbocycles. The third kappa shape index (κ3) is 2.58. The van der Waals surface area contributed by atoms with Crippen LogP contribution in [0.2, 0.25) is 0 Å². The number of nitrogens with zero attached hydrogens (tertiary/aromatic N) is 6. The number of aromatic hydroxyl groups is 1. The molecule has 4 rings (SSSR count). The molecule has 7 nitrogen and oxygen atoms in total. The number of hydrogen-bond acceptors (Lipinski definition) is 5. The molecule has 0 aliphatic heterocycles. The van der Waals surface area contributed by atoms with Gasteiger partial charge in [-0.25, -0.2) is 4.98 Å². The predicted octanol–water partition coefficient (Wildman–Crippen LogP) is 3.13. The van der Waals surface area contributed by atoms with E-state index in [1.165, 1.54) is 4.68 Å². The van der Waals surface area contributed by atoms with Crippen LogP contribution in [0.3, 0.4) is 0 Å². The van der Waals surface area contributed by atoms with Crippen molar-refractivity contribution in [2.45, 2.75) is 20.4 Å². The van der Waals surface area contributed by atoms with Gasteiger partial charge >= 0.3 is 0 Å². The molecule has 4 heterocycles. The topological polar surface area (TPSA) is 92.5 Å². The van der Waals surface area contributed by atoms with Gasteiger partial charge in [-0.3, -0.25) is 14.2 Å². The molecule has 0 amide bonds. The van der Waals surface area contributed by atoms with E-state index < -0.39 is 0 Å². The zero-order valence-corrected chi connectivity index (χ0v) is 14.4. The molecule has 4 aromatic heterocycles. The van der Waals surface area contributed by atoms with Crippen molar-refractivity contribution in [3.63, 3.8) is 0 Å². The molecule has 0 spiro atoms. The van der Waals surface area contributed by atoms with E-state index in [0.717, 1.165) is 22.5 Å². The van der Waals surface area contributed by atoms with Crippen LogP contribution in [-0.4, -0.2) is 29.4 Å². The first-order valence-electron chi connectivity index (χ1n) is 8.11. The van der Waals surface area contributed by atoms with Gasteiger partial charge in [-0.1, -0.05) is 0 Å². The van der Waals surface area contributed by atoms with Crippen molar-refractivity contribution in [1.82, 2.24) is 24.3 Å². The maximum absolute atomic E-state index is 10.7. The molecule has 0 fully saturated rings. The Morgan fingerprint density at radius 1 is 1.19 bits per heavy atom. The highest BCUT2D eigenvalue weighted by Crippen LogP contribution is 2.33. The molecule has 0 saturated heterocycles. The van der Waals surface area contributed by atoms with Crippen molar-refractivity contribution in [3.05, 3.63) is 54.2 Å². The van der Waals surface area contributed by atoms with E-state index in [4.69, 9.17) is 5.26 Å². The van der Waals surface area contributed by atoms with Gasteiger partial charge < -0.3 is 5.11 Å². The average Bonchev–Trinajstić information content (AvgIpc) is 3.20. The summed E-state index contributed by atoms with van der Waals surface area (Å²) in [7, 11) is 0. The van der Waals surface area contributed by atoms with Crippen molar-refractivity contribution in [3.8, 4) is 28.9 Å². The summed E-state index contributed by atoms with van der Waals surface area (Å²) in [6, 6.07) is 7.91. The highest BCUT2D eigenvalue weighted by molar-refractivity contribution is 5.90. The van der Waals surface area contributed by atoms with Gasteiger partial charge in [0.15, 0.2) is 0 Å². The lowest BCUT2D eigenvalue weighted by atomic mass is 10.1. The third-order valence-corrected chi connectivity index (χ3v) is 4.29. The number of hydrogen-bond donors (Lipinski definition) is 1. The standard InChI is InChI=1S/C19H16N6O/c1-12-7-16(14-4-3-13(2)21-8-14)23-17-11-25(19(26)18(12)17)15-9-22-24(10-15)6-5-20/h3-4,7-11,26H,6H2,1-2H3. The number of nitriles is 1. The van der Waals surface area contributed by atoms with Gasteiger partial charge in [0.1, 0.15) is 6.54 Å². The lowest BCUT2D eigenvalue weighted by Gasteiger charge is -2.04. The maximum atomic E-state index is 10.7. The van der Waals surface area contributed by atoms with Crippen LogP contribution >= 0.6 is 0 Å². The largest absolute Gasteiger partial charge is 0.494 e. The lowest BCUT2D eigenvalue weighted by molar-refractivity contribution is 0.448. The molecule has 7 heteroatoms.